The third kappa shape index (κ3) is 2.00. The Labute approximate surface area is 164 Å². The third-order valence-corrected chi connectivity index (χ3v) is 7.39. The molecule has 148 valence electrons. The number of piperidine rings is 1. The summed E-state index contributed by atoms with van der Waals surface area (Å²) in [7, 11) is 0. The molecule has 4 aliphatic rings. The smallest absolute Gasteiger partial charge is 0.252 e. The average Bonchev–Trinajstić information content (AvgIpc) is 2.98. The molecule has 2 fully saturated rings. The van der Waals surface area contributed by atoms with Gasteiger partial charge in [-0.25, -0.2) is 0 Å². The zero-order valence-electron chi connectivity index (χ0n) is 16.3. The molecule has 2 bridgehead atoms. The third-order valence-electron chi connectivity index (χ3n) is 7.39. The molecule has 1 aromatic carbocycles. The van der Waals surface area contributed by atoms with Gasteiger partial charge < -0.3 is 15.6 Å². The molecule has 1 aromatic rings. The highest BCUT2D eigenvalue weighted by molar-refractivity contribution is 5.98. The largest absolute Gasteiger partial charge is 0.480 e. The van der Waals surface area contributed by atoms with Gasteiger partial charge in [-0.15, -0.1) is 0 Å². The monoisotopic (exact) mass is 382 g/mol. The van der Waals surface area contributed by atoms with E-state index >= 15 is 0 Å². The number of ether oxygens (including phenoxy) is 1. The quantitative estimate of drug-likeness (QED) is 0.773. The van der Waals surface area contributed by atoms with Crippen LogP contribution in [0.2, 0.25) is 0 Å². The Morgan fingerprint density at radius 1 is 1.39 bits per heavy atom. The number of likely N-dealkylation sites (tertiary alicyclic amines) is 1. The molecule has 1 amide bonds. The number of hydrogen-bond donors (Lipinski definition) is 2. The number of nitrogens with zero attached hydrogens (tertiary/aromatic N) is 1. The van der Waals surface area contributed by atoms with Crippen molar-refractivity contribution in [2.24, 2.45) is 5.73 Å². The number of allylic oxidation sites excluding steroid dienone is 1. The lowest BCUT2D eigenvalue weighted by molar-refractivity contribution is -0.187. The van der Waals surface area contributed by atoms with Gasteiger partial charge in [-0.2, -0.15) is 0 Å². The Bertz CT molecular complexity index is 935. The molecular weight excluding hydrogens is 356 g/mol. The van der Waals surface area contributed by atoms with Crippen LogP contribution in [0.5, 0.6) is 5.75 Å². The Balaban J connectivity index is 1.72. The number of rotatable bonds is 3. The second-order valence-electron chi connectivity index (χ2n) is 8.95. The van der Waals surface area contributed by atoms with Gasteiger partial charge in [0, 0.05) is 31.1 Å². The van der Waals surface area contributed by atoms with E-state index in [0.29, 0.717) is 37.0 Å². The summed E-state index contributed by atoms with van der Waals surface area (Å²) in [4.78, 5) is 27.2. The number of nitrogens with two attached hydrogens (primary N) is 1. The minimum atomic E-state index is -1.05. The number of carbonyl (C=O) groups excluding carboxylic acids is 2. The van der Waals surface area contributed by atoms with Crippen LogP contribution in [0.15, 0.2) is 23.8 Å². The van der Waals surface area contributed by atoms with Crippen LogP contribution in [-0.2, 0) is 16.6 Å². The molecular formula is C22H26N2O4. The summed E-state index contributed by atoms with van der Waals surface area (Å²) in [5, 5.41) is 12.1. The van der Waals surface area contributed by atoms with Crippen LogP contribution in [-0.4, -0.2) is 52.5 Å². The average molecular weight is 382 g/mol. The van der Waals surface area contributed by atoms with E-state index in [-0.39, 0.29) is 11.8 Å². The number of carbonyl (C=O) groups is 2. The van der Waals surface area contributed by atoms with Crippen LogP contribution in [0.25, 0.3) is 0 Å². The Kier molecular flexibility index (Phi) is 3.62. The SMILES string of the molecule is CC(C)=CCN1CCC23c4c5ccc(C(N)=O)c4OC2C(=O)CCC3(O)C1C5. The van der Waals surface area contributed by atoms with Gasteiger partial charge in [-0.05, 0) is 44.7 Å². The summed E-state index contributed by atoms with van der Waals surface area (Å²) in [6.07, 6.45) is 3.51. The molecule has 5 rings (SSSR count). The van der Waals surface area contributed by atoms with Gasteiger partial charge in [0.25, 0.3) is 5.91 Å². The van der Waals surface area contributed by atoms with Crippen molar-refractivity contribution in [1.29, 1.82) is 0 Å². The lowest BCUT2D eigenvalue weighted by atomic mass is 9.49. The summed E-state index contributed by atoms with van der Waals surface area (Å²) in [5.74, 6) is -0.118. The highest BCUT2D eigenvalue weighted by Crippen LogP contribution is 2.63. The van der Waals surface area contributed by atoms with Gasteiger partial charge in [-0.1, -0.05) is 17.7 Å². The number of aliphatic hydroxyl groups is 1. The van der Waals surface area contributed by atoms with Crippen molar-refractivity contribution in [3.63, 3.8) is 0 Å². The topological polar surface area (TPSA) is 92.9 Å². The molecule has 6 nitrogen and oxygen atoms in total. The van der Waals surface area contributed by atoms with E-state index in [2.05, 4.69) is 24.8 Å². The number of amides is 1. The maximum atomic E-state index is 12.9. The van der Waals surface area contributed by atoms with E-state index in [1.54, 1.807) is 6.07 Å². The summed E-state index contributed by atoms with van der Waals surface area (Å²) >= 11 is 0. The van der Waals surface area contributed by atoms with Crippen molar-refractivity contribution in [3.8, 4) is 5.75 Å². The molecule has 4 atom stereocenters. The van der Waals surface area contributed by atoms with Crippen molar-refractivity contribution in [2.45, 2.75) is 62.7 Å². The standard InChI is InChI=1S/C22H26N2O4/c1-12(2)6-9-24-10-8-21-17-13-3-4-14(20(23)26)18(17)28-19(21)15(25)5-7-22(21,27)16(24)11-13/h3-4,6,16,19,27H,5,7-11H2,1-2H3,(H2,23,26). The van der Waals surface area contributed by atoms with E-state index in [4.69, 9.17) is 10.5 Å². The molecule has 0 aromatic heterocycles. The van der Waals surface area contributed by atoms with Crippen molar-refractivity contribution >= 4 is 11.7 Å². The fraction of sp³-hybridized carbons (Fsp3) is 0.545. The minimum Gasteiger partial charge on any atom is -0.480 e. The molecule has 3 N–H and O–H groups in total. The van der Waals surface area contributed by atoms with Crippen LogP contribution in [0.1, 0.15) is 54.6 Å². The van der Waals surface area contributed by atoms with Crippen LogP contribution in [0.4, 0.5) is 0 Å². The number of hydrogen-bond acceptors (Lipinski definition) is 5. The van der Waals surface area contributed by atoms with E-state index in [1.165, 1.54) is 5.57 Å². The number of Topliss-reactive ketones (excluding diaryl/α,β-unsaturated/α-hetero) is 1. The van der Waals surface area contributed by atoms with E-state index < -0.39 is 23.0 Å². The van der Waals surface area contributed by atoms with Gasteiger partial charge >= 0.3 is 0 Å². The summed E-state index contributed by atoms with van der Waals surface area (Å²) in [5.41, 5.74) is 7.24. The summed E-state index contributed by atoms with van der Waals surface area (Å²) in [6, 6.07) is 3.56. The van der Waals surface area contributed by atoms with Gasteiger partial charge in [0.05, 0.1) is 16.6 Å². The highest BCUT2D eigenvalue weighted by Gasteiger charge is 2.72. The molecule has 6 heteroatoms. The molecule has 28 heavy (non-hydrogen) atoms. The normalized spacial score (nSPS) is 35.2. The zero-order chi connectivity index (χ0) is 19.8. The highest BCUT2D eigenvalue weighted by atomic mass is 16.5. The van der Waals surface area contributed by atoms with Crippen molar-refractivity contribution < 1.29 is 19.4 Å². The molecule has 1 saturated heterocycles. The molecule has 2 aliphatic carbocycles. The van der Waals surface area contributed by atoms with Crippen molar-refractivity contribution in [2.75, 3.05) is 13.1 Å². The lowest BCUT2D eigenvalue weighted by Gasteiger charge is -2.62. The fourth-order valence-electron chi connectivity index (χ4n) is 6.14. The first-order valence-corrected chi connectivity index (χ1v) is 10.0. The fourth-order valence-corrected chi connectivity index (χ4v) is 6.14. The molecule has 4 unspecified atom stereocenters. The van der Waals surface area contributed by atoms with Gasteiger partial charge in [0.15, 0.2) is 11.9 Å². The first kappa shape index (κ1) is 17.9. The zero-order valence-corrected chi connectivity index (χ0v) is 16.3. The van der Waals surface area contributed by atoms with E-state index in [1.807, 2.05) is 6.07 Å². The van der Waals surface area contributed by atoms with Crippen LogP contribution < -0.4 is 10.5 Å². The van der Waals surface area contributed by atoms with Crippen LogP contribution in [0, 0.1) is 0 Å². The van der Waals surface area contributed by atoms with Gasteiger partial charge in [-0.3, -0.25) is 14.5 Å². The lowest BCUT2D eigenvalue weighted by Crippen LogP contribution is -2.76. The maximum absolute atomic E-state index is 12.9. The molecule has 2 aliphatic heterocycles. The predicted molar refractivity (Wildman–Crippen MR) is 103 cm³/mol. The summed E-state index contributed by atoms with van der Waals surface area (Å²) < 4.78 is 6.14. The van der Waals surface area contributed by atoms with Gasteiger partial charge in [0.2, 0.25) is 0 Å². The van der Waals surface area contributed by atoms with E-state index in [0.717, 1.165) is 24.2 Å². The second-order valence-corrected chi connectivity index (χ2v) is 8.95. The van der Waals surface area contributed by atoms with Crippen LogP contribution >= 0.6 is 0 Å². The molecule has 1 spiro atoms. The Morgan fingerprint density at radius 2 is 2.18 bits per heavy atom. The molecule has 2 heterocycles. The number of ketones is 1. The molecule has 1 saturated carbocycles. The first-order valence-electron chi connectivity index (χ1n) is 10.0. The Hall–Kier alpha value is -2.18. The van der Waals surface area contributed by atoms with Crippen LogP contribution in [0.3, 0.4) is 0 Å². The van der Waals surface area contributed by atoms with Gasteiger partial charge in [0.1, 0.15) is 5.75 Å². The van der Waals surface area contributed by atoms with Crippen molar-refractivity contribution in [3.05, 3.63) is 40.5 Å². The maximum Gasteiger partial charge on any atom is 0.252 e. The van der Waals surface area contributed by atoms with Crippen molar-refractivity contribution in [1.82, 2.24) is 4.90 Å². The van der Waals surface area contributed by atoms with E-state index in [9.17, 15) is 14.7 Å². The summed E-state index contributed by atoms with van der Waals surface area (Å²) in [6.45, 7) is 5.72. The minimum absolute atomic E-state index is 0.0145. The number of benzene rings is 1. The predicted octanol–water partition coefficient (Wildman–Crippen LogP) is 1.47. The first-order chi connectivity index (χ1) is 13.3. The molecule has 0 radical (unpaired) electrons. The number of primary amides is 1. The Morgan fingerprint density at radius 3 is 2.89 bits per heavy atom. The second kappa shape index (κ2) is 5.67.